The van der Waals surface area contributed by atoms with E-state index in [-0.39, 0.29) is 15.9 Å². The normalized spacial score (nSPS) is 19.6. The summed E-state index contributed by atoms with van der Waals surface area (Å²) in [6.07, 6.45) is 3.16. The van der Waals surface area contributed by atoms with Crippen molar-refractivity contribution >= 4 is 80.6 Å². The number of aliphatic imine (C=N–C) groups is 1. The standard InChI is InChI=1S/C30H25ClN4O3S2/c1-3-18-5-11-21(12-6-18)32-30-35(23-13-7-19(4-2)8-14-23)28(38)25(40-30)17-24-26(36)33-29(39)34(27(24)37)22-15-9-20(31)10-16-22/h5-17,24H,3-4H2,1-2H3,(H,33,36,39)/b25-17-,32-30?/t24-/m1/s1. The van der Waals surface area contributed by atoms with Crippen LogP contribution in [0.25, 0.3) is 0 Å². The van der Waals surface area contributed by atoms with Crippen LogP contribution in [0.3, 0.4) is 0 Å². The van der Waals surface area contributed by atoms with Gasteiger partial charge in [-0.05, 0) is 103 Å². The zero-order chi connectivity index (χ0) is 28.4. The molecule has 2 aliphatic heterocycles. The largest absolute Gasteiger partial charge is 0.301 e. The first-order chi connectivity index (χ1) is 19.3. The molecule has 7 nitrogen and oxygen atoms in total. The number of nitrogens with zero attached hydrogens (tertiary/aromatic N) is 3. The molecular weight excluding hydrogens is 564 g/mol. The molecule has 2 saturated heterocycles. The summed E-state index contributed by atoms with van der Waals surface area (Å²) in [5, 5.41) is 3.48. The summed E-state index contributed by atoms with van der Waals surface area (Å²) in [5.41, 5.74) is 4.11. The quantitative estimate of drug-likeness (QED) is 0.211. The number of benzene rings is 3. The Morgan fingerprint density at radius 2 is 1.43 bits per heavy atom. The maximum atomic E-state index is 13.8. The Balaban J connectivity index is 1.52. The van der Waals surface area contributed by atoms with Crippen LogP contribution in [0.1, 0.15) is 25.0 Å². The molecule has 0 spiro atoms. The molecule has 0 aromatic heterocycles. The lowest BCUT2D eigenvalue weighted by molar-refractivity contribution is -0.131. The number of carbonyl (C=O) groups excluding carboxylic acids is 3. The molecule has 3 aromatic rings. The lowest BCUT2D eigenvalue weighted by Crippen LogP contribution is -2.57. The van der Waals surface area contributed by atoms with E-state index in [0.29, 0.717) is 27.3 Å². The van der Waals surface area contributed by atoms with Gasteiger partial charge in [0.1, 0.15) is 5.92 Å². The van der Waals surface area contributed by atoms with Crippen LogP contribution in [-0.4, -0.2) is 28.0 Å². The first-order valence-electron chi connectivity index (χ1n) is 12.7. The zero-order valence-corrected chi connectivity index (χ0v) is 24.1. The number of thioether (sulfide) groups is 1. The highest BCUT2D eigenvalue weighted by molar-refractivity contribution is 8.19. The Morgan fingerprint density at radius 3 is 2.02 bits per heavy atom. The highest BCUT2D eigenvalue weighted by atomic mass is 35.5. The molecule has 2 heterocycles. The molecule has 0 saturated carbocycles. The summed E-state index contributed by atoms with van der Waals surface area (Å²) in [6, 6.07) is 22.0. The molecule has 0 radical (unpaired) electrons. The summed E-state index contributed by atoms with van der Waals surface area (Å²) < 4.78 is 0. The van der Waals surface area contributed by atoms with E-state index in [1.807, 2.05) is 48.5 Å². The fourth-order valence-corrected chi connectivity index (χ4v) is 5.74. The molecule has 2 fully saturated rings. The van der Waals surface area contributed by atoms with E-state index < -0.39 is 17.7 Å². The minimum absolute atomic E-state index is 0.0345. The summed E-state index contributed by atoms with van der Waals surface area (Å²) in [7, 11) is 0. The first-order valence-corrected chi connectivity index (χ1v) is 14.3. The van der Waals surface area contributed by atoms with Gasteiger partial charge in [0.05, 0.1) is 22.0 Å². The Hall–Kier alpha value is -3.79. The number of amidine groups is 1. The van der Waals surface area contributed by atoms with Gasteiger partial charge in [-0.2, -0.15) is 0 Å². The van der Waals surface area contributed by atoms with Crippen molar-refractivity contribution < 1.29 is 14.4 Å². The molecule has 3 amide bonds. The van der Waals surface area contributed by atoms with Crippen molar-refractivity contribution in [3.05, 3.63) is 99.9 Å². The number of nitrogens with one attached hydrogen (secondary N) is 1. The highest BCUT2D eigenvalue weighted by Crippen LogP contribution is 2.38. The lowest BCUT2D eigenvalue weighted by Gasteiger charge is -2.31. The summed E-state index contributed by atoms with van der Waals surface area (Å²) in [4.78, 5) is 47.9. The molecule has 5 rings (SSSR count). The smallest absolute Gasteiger partial charge is 0.271 e. The van der Waals surface area contributed by atoms with E-state index >= 15 is 0 Å². The van der Waals surface area contributed by atoms with Crippen LogP contribution in [0.4, 0.5) is 17.1 Å². The Labute approximate surface area is 246 Å². The van der Waals surface area contributed by atoms with Crippen LogP contribution >= 0.6 is 35.6 Å². The molecule has 3 aromatic carbocycles. The van der Waals surface area contributed by atoms with Crippen LogP contribution in [0, 0.1) is 5.92 Å². The van der Waals surface area contributed by atoms with E-state index in [2.05, 4.69) is 19.2 Å². The minimum atomic E-state index is -1.26. The number of carbonyl (C=O) groups is 3. The molecule has 0 unspecified atom stereocenters. The second-order valence-corrected chi connectivity index (χ2v) is 11.0. The van der Waals surface area contributed by atoms with Crippen molar-refractivity contribution in [1.29, 1.82) is 0 Å². The average Bonchev–Trinajstić information content (AvgIpc) is 3.26. The first kappa shape index (κ1) is 27.8. The number of hydrogen-bond donors (Lipinski definition) is 1. The Kier molecular flexibility index (Phi) is 8.16. The number of halogens is 1. The molecule has 0 bridgehead atoms. The van der Waals surface area contributed by atoms with Crippen molar-refractivity contribution in [2.24, 2.45) is 10.9 Å². The van der Waals surface area contributed by atoms with Gasteiger partial charge in [0.15, 0.2) is 10.3 Å². The van der Waals surface area contributed by atoms with Gasteiger partial charge >= 0.3 is 0 Å². The zero-order valence-electron chi connectivity index (χ0n) is 21.8. The minimum Gasteiger partial charge on any atom is -0.301 e. The number of anilines is 2. The Morgan fingerprint density at radius 1 is 0.875 bits per heavy atom. The van der Waals surface area contributed by atoms with Gasteiger partial charge in [-0.1, -0.05) is 49.7 Å². The molecule has 10 heteroatoms. The lowest BCUT2D eigenvalue weighted by atomic mass is 10.0. The molecule has 202 valence electrons. The number of rotatable bonds is 6. The third kappa shape index (κ3) is 5.58. The Bertz CT molecular complexity index is 1550. The SMILES string of the molecule is CCc1ccc(N=C2S/C(=C\[C@@H]3C(=O)NC(=S)N(c4ccc(Cl)cc4)C3=O)C(=O)N2c2ccc(CC)cc2)cc1. The number of amides is 3. The third-order valence-electron chi connectivity index (χ3n) is 6.58. The summed E-state index contributed by atoms with van der Waals surface area (Å²) >= 11 is 12.4. The maximum Gasteiger partial charge on any atom is 0.271 e. The van der Waals surface area contributed by atoms with E-state index in [1.54, 1.807) is 24.3 Å². The predicted octanol–water partition coefficient (Wildman–Crippen LogP) is 6.18. The van der Waals surface area contributed by atoms with Gasteiger partial charge in [0, 0.05) is 5.02 Å². The molecule has 2 aliphatic rings. The second kappa shape index (κ2) is 11.8. The molecule has 0 aliphatic carbocycles. The maximum absolute atomic E-state index is 13.8. The second-order valence-electron chi connectivity index (χ2n) is 9.13. The van der Waals surface area contributed by atoms with Gasteiger partial charge in [-0.15, -0.1) is 0 Å². The van der Waals surface area contributed by atoms with E-state index in [9.17, 15) is 14.4 Å². The van der Waals surface area contributed by atoms with Crippen molar-refractivity contribution in [3.8, 4) is 0 Å². The molecule has 1 atom stereocenters. The van der Waals surface area contributed by atoms with Gasteiger partial charge in [-0.3, -0.25) is 24.2 Å². The monoisotopic (exact) mass is 588 g/mol. The number of aryl methyl sites for hydroxylation is 2. The van der Waals surface area contributed by atoms with Crippen molar-refractivity contribution in [2.45, 2.75) is 26.7 Å². The van der Waals surface area contributed by atoms with Crippen LogP contribution in [0.2, 0.25) is 5.02 Å². The topological polar surface area (TPSA) is 82.1 Å². The molecule has 1 N–H and O–H groups in total. The number of hydrogen-bond acceptors (Lipinski definition) is 6. The fraction of sp³-hybridized carbons (Fsp3) is 0.167. The molecule has 40 heavy (non-hydrogen) atoms. The summed E-state index contributed by atoms with van der Waals surface area (Å²) in [6.45, 7) is 4.14. The van der Waals surface area contributed by atoms with Gasteiger partial charge in [0.25, 0.3) is 5.91 Å². The number of thiocarbonyl (C=S) groups is 1. The van der Waals surface area contributed by atoms with Crippen LogP contribution in [0.15, 0.2) is 88.8 Å². The van der Waals surface area contributed by atoms with Crippen LogP contribution in [-0.2, 0) is 27.2 Å². The van der Waals surface area contributed by atoms with Crippen LogP contribution in [0.5, 0.6) is 0 Å². The summed E-state index contributed by atoms with van der Waals surface area (Å²) in [5.74, 6) is -2.79. The fourth-order valence-electron chi connectivity index (χ4n) is 4.31. The van der Waals surface area contributed by atoms with Gasteiger partial charge < -0.3 is 5.32 Å². The van der Waals surface area contributed by atoms with Crippen molar-refractivity contribution in [1.82, 2.24) is 5.32 Å². The van der Waals surface area contributed by atoms with E-state index in [4.69, 9.17) is 28.8 Å². The third-order valence-corrected chi connectivity index (χ3v) is 8.11. The van der Waals surface area contributed by atoms with Crippen LogP contribution < -0.4 is 15.1 Å². The van der Waals surface area contributed by atoms with E-state index in [1.165, 1.54) is 21.4 Å². The predicted molar refractivity (Wildman–Crippen MR) is 165 cm³/mol. The van der Waals surface area contributed by atoms with Crippen molar-refractivity contribution in [3.63, 3.8) is 0 Å². The van der Waals surface area contributed by atoms with Gasteiger partial charge in [0.2, 0.25) is 11.8 Å². The van der Waals surface area contributed by atoms with E-state index in [0.717, 1.165) is 30.2 Å². The molecular formula is C30H25ClN4O3S2. The average molecular weight is 589 g/mol. The van der Waals surface area contributed by atoms with Crippen molar-refractivity contribution in [2.75, 3.05) is 9.80 Å². The highest BCUT2D eigenvalue weighted by Gasteiger charge is 2.41. The van der Waals surface area contributed by atoms with Gasteiger partial charge in [-0.25, -0.2) is 4.99 Å².